The van der Waals surface area contributed by atoms with E-state index in [1.165, 1.54) is 12.1 Å². The summed E-state index contributed by atoms with van der Waals surface area (Å²) in [6.07, 6.45) is -4.60. The molecule has 0 bridgehead atoms. The van der Waals surface area contributed by atoms with Crippen LogP contribution in [0.25, 0.3) is 0 Å². The van der Waals surface area contributed by atoms with Gasteiger partial charge in [0.1, 0.15) is 11.3 Å². The van der Waals surface area contributed by atoms with Gasteiger partial charge in [-0.25, -0.2) is 4.79 Å². The molecule has 0 aliphatic carbocycles. The number of aryl methyl sites for hydroxylation is 1. The Hall–Kier alpha value is -2.64. The van der Waals surface area contributed by atoms with Crippen LogP contribution in [0, 0.1) is 6.92 Å². The zero-order chi connectivity index (χ0) is 15.6. The zero-order valence-electron chi connectivity index (χ0n) is 10.7. The van der Waals surface area contributed by atoms with Crippen LogP contribution in [0.2, 0.25) is 0 Å². The second-order valence-corrected chi connectivity index (χ2v) is 4.16. The molecule has 0 atom stereocenters. The summed E-state index contributed by atoms with van der Waals surface area (Å²) in [5, 5.41) is 15.3. The molecule has 2 aromatic rings. The molecule has 1 heterocycles. The third-order valence-electron chi connectivity index (χ3n) is 2.51. The van der Waals surface area contributed by atoms with Crippen LogP contribution < -0.4 is 4.74 Å². The number of alkyl halides is 3. The van der Waals surface area contributed by atoms with Crippen molar-refractivity contribution in [2.75, 3.05) is 0 Å². The molecule has 0 radical (unpaired) electrons. The largest absolute Gasteiger partial charge is 0.478 e. The van der Waals surface area contributed by atoms with E-state index in [0.29, 0.717) is 11.6 Å². The molecule has 0 saturated heterocycles. The maximum Gasteiger partial charge on any atom is 0.435 e. The maximum absolute atomic E-state index is 12.3. The Morgan fingerprint density at radius 1 is 1.19 bits per heavy atom. The molecule has 0 aliphatic rings. The smallest absolute Gasteiger partial charge is 0.435 e. The Balaban J connectivity index is 2.28. The maximum atomic E-state index is 12.3. The van der Waals surface area contributed by atoms with E-state index in [4.69, 9.17) is 9.84 Å². The molecule has 0 spiro atoms. The number of nitrogens with zero attached hydrogens (tertiary/aromatic N) is 2. The number of hydrogen-bond acceptors (Lipinski definition) is 4. The average molecular weight is 298 g/mol. The van der Waals surface area contributed by atoms with Gasteiger partial charge in [-0.1, -0.05) is 11.6 Å². The lowest BCUT2D eigenvalue weighted by molar-refractivity contribution is -0.141. The highest BCUT2D eigenvalue weighted by atomic mass is 19.4. The number of halogens is 3. The number of hydrogen-bond donors (Lipinski definition) is 1. The van der Waals surface area contributed by atoms with Gasteiger partial charge in [-0.15, -0.1) is 10.2 Å². The Bertz CT molecular complexity index is 669. The number of carboxylic acids is 1. The minimum atomic E-state index is -4.60. The highest BCUT2D eigenvalue weighted by molar-refractivity contribution is 5.91. The summed E-state index contributed by atoms with van der Waals surface area (Å²) >= 11 is 0. The predicted molar refractivity (Wildman–Crippen MR) is 65.2 cm³/mol. The highest BCUT2D eigenvalue weighted by Gasteiger charge is 2.33. The number of aromatic carboxylic acids is 1. The van der Waals surface area contributed by atoms with Crippen molar-refractivity contribution in [3.05, 3.63) is 47.2 Å². The van der Waals surface area contributed by atoms with Crippen LogP contribution in [0.4, 0.5) is 13.2 Å². The van der Waals surface area contributed by atoms with E-state index in [1.54, 1.807) is 13.0 Å². The normalized spacial score (nSPS) is 11.2. The summed E-state index contributed by atoms with van der Waals surface area (Å²) in [7, 11) is 0. The Morgan fingerprint density at radius 3 is 2.43 bits per heavy atom. The molecular weight excluding hydrogens is 289 g/mol. The summed E-state index contributed by atoms with van der Waals surface area (Å²) in [6.45, 7) is 1.70. The first-order chi connectivity index (χ1) is 9.77. The monoisotopic (exact) mass is 298 g/mol. The Labute approximate surface area is 117 Å². The van der Waals surface area contributed by atoms with Gasteiger partial charge in [0, 0.05) is 6.07 Å². The third-order valence-corrected chi connectivity index (χ3v) is 2.51. The van der Waals surface area contributed by atoms with Crippen LogP contribution >= 0.6 is 0 Å². The number of benzene rings is 1. The van der Waals surface area contributed by atoms with Crippen molar-refractivity contribution < 1.29 is 27.8 Å². The van der Waals surface area contributed by atoms with Crippen LogP contribution in [0.5, 0.6) is 11.6 Å². The second-order valence-electron chi connectivity index (χ2n) is 4.16. The Morgan fingerprint density at radius 2 is 1.90 bits per heavy atom. The van der Waals surface area contributed by atoms with E-state index in [2.05, 4.69) is 10.2 Å². The molecule has 5 nitrogen and oxygen atoms in total. The van der Waals surface area contributed by atoms with Crippen molar-refractivity contribution in [1.82, 2.24) is 10.2 Å². The van der Waals surface area contributed by atoms with Crippen LogP contribution in [0.3, 0.4) is 0 Å². The van der Waals surface area contributed by atoms with E-state index >= 15 is 0 Å². The standard InChI is InChI=1S/C13H9F3N2O3/c1-7-2-3-9(8(6-7)12(19)20)21-11-5-4-10(17-18-11)13(14,15)16/h2-6H,1H3,(H,19,20). The van der Waals surface area contributed by atoms with E-state index in [-0.39, 0.29) is 17.2 Å². The van der Waals surface area contributed by atoms with Crippen LogP contribution in [-0.4, -0.2) is 21.3 Å². The van der Waals surface area contributed by atoms with Crippen molar-refractivity contribution in [1.29, 1.82) is 0 Å². The molecule has 8 heteroatoms. The fourth-order valence-corrected chi connectivity index (χ4v) is 1.54. The van der Waals surface area contributed by atoms with E-state index < -0.39 is 17.8 Å². The number of ether oxygens (including phenoxy) is 1. The van der Waals surface area contributed by atoms with Crippen molar-refractivity contribution in [3.63, 3.8) is 0 Å². The van der Waals surface area contributed by atoms with Crippen molar-refractivity contribution in [3.8, 4) is 11.6 Å². The molecule has 1 N–H and O–H groups in total. The summed E-state index contributed by atoms with van der Waals surface area (Å²) < 4.78 is 42.2. The minimum Gasteiger partial charge on any atom is -0.478 e. The zero-order valence-corrected chi connectivity index (χ0v) is 10.7. The fraction of sp³-hybridized carbons (Fsp3) is 0.154. The van der Waals surface area contributed by atoms with Gasteiger partial charge < -0.3 is 9.84 Å². The SMILES string of the molecule is Cc1ccc(Oc2ccc(C(F)(F)F)nn2)c(C(=O)O)c1. The summed E-state index contributed by atoms with van der Waals surface area (Å²) in [5.41, 5.74) is -0.563. The summed E-state index contributed by atoms with van der Waals surface area (Å²) in [6, 6.07) is 6.07. The summed E-state index contributed by atoms with van der Waals surface area (Å²) in [5.74, 6) is -1.47. The molecule has 0 amide bonds. The first-order valence-electron chi connectivity index (χ1n) is 5.70. The van der Waals surface area contributed by atoms with Gasteiger partial charge in [0.05, 0.1) is 0 Å². The van der Waals surface area contributed by atoms with Gasteiger partial charge in [0.2, 0.25) is 5.88 Å². The lowest BCUT2D eigenvalue weighted by Crippen LogP contribution is -2.09. The fourth-order valence-electron chi connectivity index (χ4n) is 1.54. The average Bonchev–Trinajstić information content (AvgIpc) is 2.40. The van der Waals surface area contributed by atoms with Crippen LogP contribution in [0.15, 0.2) is 30.3 Å². The van der Waals surface area contributed by atoms with E-state index in [9.17, 15) is 18.0 Å². The third kappa shape index (κ3) is 3.47. The number of carbonyl (C=O) groups is 1. The predicted octanol–water partition coefficient (Wildman–Crippen LogP) is 3.29. The summed E-state index contributed by atoms with van der Waals surface area (Å²) in [4.78, 5) is 11.1. The number of rotatable bonds is 3. The Kier molecular flexibility index (Phi) is 3.79. The topological polar surface area (TPSA) is 72.3 Å². The highest BCUT2D eigenvalue weighted by Crippen LogP contribution is 2.29. The minimum absolute atomic E-state index is 0.0258. The molecule has 0 unspecified atom stereocenters. The molecule has 0 aliphatic heterocycles. The van der Waals surface area contributed by atoms with Gasteiger partial charge >= 0.3 is 12.1 Å². The van der Waals surface area contributed by atoms with Gasteiger partial charge in [0.25, 0.3) is 0 Å². The van der Waals surface area contributed by atoms with Crippen molar-refractivity contribution in [2.45, 2.75) is 13.1 Å². The molecular formula is C13H9F3N2O3. The van der Waals surface area contributed by atoms with Crippen LogP contribution in [-0.2, 0) is 6.18 Å². The quantitative estimate of drug-likeness (QED) is 0.941. The molecule has 2 rings (SSSR count). The van der Waals surface area contributed by atoms with E-state index in [1.807, 2.05) is 0 Å². The van der Waals surface area contributed by atoms with Gasteiger partial charge in [-0.2, -0.15) is 13.2 Å². The number of carboxylic acid groups (broad SMARTS) is 1. The second kappa shape index (κ2) is 5.39. The van der Waals surface area contributed by atoms with Gasteiger partial charge in [0.15, 0.2) is 5.69 Å². The van der Waals surface area contributed by atoms with E-state index in [0.717, 1.165) is 6.07 Å². The molecule has 110 valence electrons. The van der Waals surface area contributed by atoms with Crippen molar-refractivity contribution >= 4 is 5.97 Å². The molecule has 0 fully saturated rings. The molecule has 0 saturated carbocycles. The molecule has 1 aromatic carbocycles. The number of aromatic nitrogens is 2. The van der Waals surface area contributed by atoms with Crippen molar-refractivity contribution in [2.24, 2.45) is 0 Å². The molecule has 21 heavy (non-hydrogen) atoms. The molecule has 1 aromatic heterocycles. The lowest BCUT2D eigenvalue weighted by Gasteiger charge is -2.09. The van der Waals surface area contributed by atoms with Gasteiger partial charge in [-0.05, 0) is 25.1 Å². The first-order valence-corrected chi connectivity index (χ1v) is 5.70. The van der Waals surface area contributed by atoms with Gasteiger partial charge in [-0.3, -0.25) is 0 Å². The lowest BCUT2D eigenvalue weighted by atomic mass is 10.1. The van der Waals surface area contributed by atoms with Crippen LogP contribution in [0.1, 0.15) is 21.6 Å². The first kappa shape index (κ1) is 14.8.